The number of nitrogens with zero attached hydrogens (tertiary/aromatic N) is 3. The number of Topliss-reactive ketones (excluding diaryl/α,β-unsaturated/α-hetero) is 4. The molecule has 1 N–H and O–H groups in total. The summed E-state index contributed by atoms with van der Waals surface area (Å²) in [6, 6.07) is 2.12. The molecule has 2 saturated carbocycles. The quantitative estimate of drug-likeness (QED) is 0.171. The Bertz CT molecular complexity index is 1530. The van der Waals surface area contributed by atoms with E-state index in [-0.39, 0.29) is 67.1 Å². The van der Waals surface area contributed by atoms with Crippen molar-refractivity contribution in [3.8, 4) is 5.88 Å². The Kier molecular flexibility index (Phi) is 13.4. The molecular weight excluding hydrogens is 696 g/mol. The number of carbonyl (C=O) groups excluding carboxylic acids is 5. The van der Waals surface area contributed by atoms with E-state index in [1.165, 1.54) is 6.20 Å². The fourth-order valence-corrected chi connectivity index (χ4v) is 8.09. The molecule has 2 saturated heterocycles. The summed E-state index contributed by atoms with van der Waals surface area (Å²) in [6.45, 7) is 12.3. The Labute approximate surface area is 319 Å². The summed E-state index contributed by atoms with van der Waals surface area (Å²) in [4.78, 5) is 80.4. The lowest BCUT2D eigenvalue weighted by Crippen LogP contribution is -2.48. The lowest BCUT2D eigenvalue weighted by Gasteiger charge is -2.36. The molecular formula is C41H59ClN4O7. The van der Waals surface area contributed by atoms with Crippen molar-refractivity contribution in [3.05, 3.63) is 23.4 Å². The molecule has 11 nitrogen and oxygen atoms in total. The molecule has 5 rings (SSSR count). The summed E-state index contributed by atoms with van der Waals surface area (Å²) < 4.78 is 12.0. The van der Waals surface area contributed by atoms with Crippen molar-refractivity contribution in [2.24, 2.45) is 34.1 Å². The van der Waals surface area contributed by atoms with Gasteiger partial charge in [-0.05, 0) is 69.3 Å². The minimum absolute atomic E-state index is 0.0437. The van der Waals surface area contributed by atoms with Crippen LogP contribution in [-0.4, -0.2) is 81.8 Å². The molecule has 5 atom stereocenters. The van der Waals surface area contributed by atoms with Crippen LogP contribution in [0.15, 0.2) is 23.3 Å². The van der Waals surface area contributed by atoms with E-state index < -0.39 is 47.0 Å². The third-order valence-corrected chi connectivity index (χ3v) is 11.5. The van der Waals surface area contributed by atoms with Crippen molar-refractivity contribution in [2.45, 2.75) is 149 Å². The van der Waals surface area contributed by atoms with Gasteiger partial charge in [0.2, 0.25) is 17.6 Å². The van der Waals surface area contributed by atoms with Crippen molar-refractivity contribution >= 4 is 46.7 Å². The molecule has 0 aromatic carbocycles. The molecule has 2 aliphatic carbocycles. The second-order valence-corrected chi connectivity index (χ2v) is 18.0. The van der Waals surface area contributed by atoms with Crippen LogP contribution in [0.1, 0.15) is 125 Å². The summed E-state index contributed by atoms with van der Waals surface area (Å²) in [5.41, 5.74) is -0.938. The Morgan fingerprint density at radius 2 is 1.79 bits per heavy atom. The molecule has 1 aromatic rings. The molecule has 1 aromatic heterocycles. The number of amidine groups is 1. The second-order valence-electron chi connectivity index (χ2n) is 17.6. The number of pyridine rings is 1. The van der Waals surface area contributed by atoms with Gasteiger partial charge in [-0.2, -0.15) is 0 Å². The number of hydrogen-bond acceptors (Lipinski definition) is 9. The number of ketones is 4. The summed E-state index contributed by atoms with van der Waals surface area (Å²) in [7, 11) is 0. The number of aromatic nitrogens is 1. The lowest BCUT2D eigenvalue weighted by atomic mass is 9.74. The van der Waals surface area contributed by atoms with Gasteiger partial charge in [-0.3, -0.25) is 24.0 Å². The van der Waals surface area contributed by atoms with Gasteiger partial charge in [-0.1, -0.05) is 65.0 Å². The van der Waals surface area contributed by atoms with Crippen LogP contribution >= 0.6 is 11.6 Å². The third kappa shape index (κ3) is 11.1. The molecule has 0 radical (unpaired) electrons. The van der Waals surface area contributed by atoms with Gasteiger partial charge in [0, 0.05) is 49.8 Å². The van der Waals surface area contributed by atoms with E-state index in [0.717, 1.165) is 44.9 Å². The van der Waals surface area contributed by atoms with Gasteiger partial charge in [0.25, 0.3) is 6.02 Å². The molecule has 0 unspecified atom stereocenters. The number of likely N-dealkylation sites (tertiary alicyclic amines) is 1. The molecule has 0 spiro atoms. The van der Waals surface area contributed by atoms with E-state index in [1.807, 2.05) is 41.5 Å². The Morgan fingerprint density at radius 1 is 1.08 bits per heavy atom. The lowest BCUT2D eigenvalue weighted by molar-refractivity contribution is -0.147. The third-order valence-electron chi connectivity index (χ3n) is 11.3. The van der Waals surface area contributed by atoms with Crippen molar-refractivity contribution in [2.75, 3.05) is 13.2 Å². The molecule has 1 amide bonds. The first-order chi connectivity index (χ1) is 25.0. The van der Waals surface area contributed by atoms with E-state index in [0.29, 0.717) is 36.4 Å². The number of halogens is 1. The highest BCUT2D eigenvalue weighted by Gasteiger charge is 2.47. The van der Waals surface area contributed by atoms with Crippen LogP contribution in [-0.2, 0) is 28.7 Å². The van der Waals surface area contributed by atoms with Crippen molar-refractivity contribution in [1.82, 2.24) is 15.2 Å². The zero-order valence-electron chi connectivity index (χ0n) is 32.5. The van der Waals surface area contributed by atoms with Crippen LogP contribution in [0.4, 0.5) is 0 Å². The fraction of sp³-hybridized carbons (Fsp3) is 0.732. The Morgan fingerprint density at radius 3 is 2.38 bits per heavy atom. The van der Waals surface area contributed by atoms with Crippen LogP contribution in [0.2, 0.25) is 5.02 Å². The van der Waals surface area contributed by atoms with Crippen LogP contribution < -0.4 is 10.1 Å². The van der Waals surface area contributed by atoms with E-state index in [4.69, 9.17) is 26.1 Å². The van der Waals surface area contributed by atoms with E-state index in [9.17, 15) is 24.0 Å². The van der Waals surface area contributed by atoms with Crippen LogP contribution in [0, 0.1) is 29.1 Å². The maximum atomic E-state index is 14.8. The van der Waals surface area contributed by atoms with E-state index in [1.54, 1.807) is 17.0 Å². The number of amides is 1. The highest BCUT2D eigenvalue weighted by atomic mass is 35.5. The predicted octanol–water partition coefficient (Wildman–Crippen LogP) is 6.72. The van der Waals surface area contributed by atoms with Gasteiger partial charge in [-0.25, -0.2) is 9.98 Å². The van der Waals surface area contributed by atoms with Crippen molar-refractivity contribution in [3.63, 3.8) is 0 Å². The van der Waals surface area contributed by atoms with Crippen molar-refractivity contribution in [1.29, 1.82) is 0 Å². The highest BCUT2D eigenvalue weighted by Crippen LogP contribution is 2.38. The first-order valence-corrected chi connectivity index (χ1v) is 20.1. The SMILES string of the molecule is CCC[C@H](CC(=O)[C@@H]1C[C@@H](Oc2ccc(Cl)cn2)CN1C(=O)[C@@H](CC(=O)[C@@H](N=C1NC(C)(C)CO1)C1CCCCC1)C(C)(C)C)C(=O)C(=O)CC1CC1. The number of aliphatic imine (C=N–C) groups is 1. The van der Waals surface area contributed by atoms with Crippen LogP contribution in [0.5, 0.6) is 5.88 Å². The summed E-state index contributed by atoms with van der Waals surface area (Å²) in [6.07, 6.45) is 9.05. The highest BCUT2D eigenvalue weighted by molar-refractivity contribution is 6.38. The minimum Gasteiger partial charge on any atom is -0.472 e. The van der Waals surface area contributed by atoms with Gasteiger partial charge >= 0.3 is 0 Å². The number of nitrogens with one attached hydrogen (secondary N) is 1. The van der Waals surface area contributed by atoms with Crippen LogP contribution in [0.25, 0.3) is 0 Å². The fourth-order valence-electron chi connectivity index (χ4n) is 7.98. The zero-order valence-corrected chi connectivity index (χ0v) is 33.2. The molecule has 292 valence electrons. The van der Waals surface area contributed by atoms with Gasteiger partial charge < -0.3 is 19.7 Å². The first-order valence-electron chi connectivity index (χ1n) is 19.7. The topological polar surface area (TPSA) is 144 Å². The molecule has 3 heterocycles. The maximum Gasteiger partial charge on any atom is 0.285 e. The first kappa shape index (κ1) is 40.8. The molecule has 0 bridgehead atoms. The summed E-state index contributed by atoms with van der Waals surface area (Å²) in [5, 5.41) is 3.74. The van der Waals surface area contributed by atoms with Gasteiger partial charge in [-0.15, -0.1) is 0 Å². The Hall–Kier alpha value is -3.34. The molecule has 4 fully saturated rings. The molecule has 12 heteroatoms. The second kappa shape index (κ2) is 17.4. The maximum absolute atomic E-state index is 14.8. The van der Waals surface area contributed by atoms with Gasteiger partial charge in [0.05, 0.1) is 23.1 Å². The predicted molar refractivity (Wildman–Crippen MR) is 203 cm³/mol. The zero-order chi connectivity index (χ0) is 38.5. The number of hydrogen-bond donors (Lipinski definition) is 1. The molecule has 2 aliphatic heterocycles. The number of rotatable bonds is 17. The largest absolute Gasteiger partial charge is 0.472 e. The summed E-state index contributed by atoms with van der Waals surface area (Å²) >= 11 is 6.05. The Balaban J connectivity index is 1.40. The monoisotopic (exact) mass is 754 g/mol. The van der Waals surface area contributed by atoms with Crippen molar-refractivity contribution < 1.29 is 33.4 Å². The summed E-state index contributed by atoms with van der Waals surface area (Å²) in [5.74, 6) is -2.46. The van der Waals surface area contributed by atoms with Gasteiger partial charge in [0.1, 0.15) is 18.8 Å². The van der Waals surface area contributed by atoms with E-state index in [2.05, 4.69) is 10.3 Å². The average Bonchev–Trinajstić information content (AvgIpc) is 3.71. The standard InChI is InChI=1S/C41H59ClN4O7/c1-7-11-27(37(50)34(49)18-25-14-15-25)19-32(47)31-20-29(53-35-17-16-28(42)22-43-35)23-46(31)38(51)30(40(2,3)4)21-33(48)36(26-12-9-8-10-13-26)44-39-45-41(5,6)24-52-39/h16-17,22,25-27,29-31,36H,7-15,18-21,23-24H2,1-6H3,(H,44,45)/t27-,29-,30-,31+,36+/m1/s1. The van der Waals surface area contributed by atoms with E-state index >= 15 is 0 Å². The molecule has 4 aliphatic rings. The average molecular weight is 755 g/mol. The normalized spacial score (nSPS) is 24.2. The van der Waals surface area contributed by atoms with Crippen LogP contribution in [0.3, 0.4) is 0 Å². The molecule has 53 heavy (non-hydrogen) atoms. The number of ether oxygens (including phenoxy) is 2. The van der Waals surface area contributed by atoms with Gasteiger partial charge in [0.15, 0.2) is 17.3 Å². The smallest absolute Gasteiger partial charge is 0.285 e. The minimum atomic E-state index is -0.891. The number of carbonyl (C=O) groups is 5.